The van der Waals surface area contributed by atoms with E-state index in [4.69, 9.17) is 15.2 Å². The number of carbonyl (C=O) groups is 1. The van der Waals surface area contributed by atoms with E-state index in [1.54, 1.807) is 33.3 Å². The maximum atomic E-state index is 11.8. The third-order valence-electron chi connectivity index (χ3n) is 2.84. The van der Waals surface area contributed by atoms with Crippen LogP contribution < -0.4 is 20.5 Å². The summed E-state index contributed by atoms with van der Waals surface area (Å²) in [7, 11) is 3.15. The van der Waals surface area contributed by atoms with Gasteiger partial charge in [0.15, 0.2) is 0 Å². The lowest BCUT2D eigenvalue weighted by Crippen LogP contribution is -2.26. The first-order chi connectivity index (χ1) is 8.54. The largest absolute Gasteiger partial charge is 0.496 e. The molecule has 0 aromatic heterocycles. The first kappa shape index (κ1) is 14.3. The van der Waals surface area contributed by atoms with Crippen LogP contribution in [0, 0.1) is 12.8 Å². The molecular weight excluding hydrogens is 232 g/mol. The van der Waals surface area contributed by atoms with E-state index in [0.29, 0.717) is 18.0 Å². The minimum absolute atomic E-state index is 0.125. The quantitative estimate of drug-likeness (QED) is 0.833. The summed E-state index contributed by atoms with van der Waals surface area (Å²) in [5.41, 5.74) is 6.93. The molecule has 100 valence electrons. The van der Waals surface area contributed by atoms with E-state index in [9.17, 15) is 4.79 Å². The van der Waals surface area contributed by atoms with Gasteiger partial charge in [0.2, 0.25) is 5.91 Å². The number of benzene rings is 1. The van der Waals surface area contributed by atoms with Crippen LogP contribution in [0.5, 0.6) is 11.5 Å². The third kappa shape index (κ3) is 2.92. The van der Waals surface area contributed by atoms with Crippen LogP contribution in [0.3, 0.4) is 0 Å². The monoisotopic (exact) mass is 252 g/mol. The molecular formula is C13H20N2O3. The molecule has 1 aromatic carbocycles. The SMILES string of the molecule is COc1ccc(NC(=O)C(C)CN)c(OC)c1C. The molecule has 5 heteroatoms. The molecule has 1 rings (SSSR count). The average molecular weight is 252 g/mol. The molecule has 0 heterocycles. The van der Waals surface area contributed by atoms with Crippen molar-refractivity contribution >= 4 is 11.6 Å². The summed E-state index contributed by atoms with van der Waals surface area (Å²) in [4.78, 5) is 11.8. The molecule has 5 nitrogen and oxygen atoms in total. The van der Waals surface area contributed by atoms with E-state index in [0.717, 1.165) is 11.3 Å². The van der Waals surface area contributed by atoms with Crippen LogP contribution in [0.2, 0.25) is 0 Å². The Bertz CT molecular complexity index is 432. The molecule has 1 unspecified atom stereocenters. The molecule has 0 aliphatic rings. The number of anilines is 1. The maximum Gasteiger partial charge on any atom is 0.228 e. The van der Waals surface area contributed by atoms with Crippen molar-refractivity contribution in [2.75, 3.05) is 26.1 Å². The topological polar surface area (TPSA) is 73.6 Å². The molecule has 0 radical (unpaired) electrons. The van der Waals surface area contributed by atoms with E-state index in [1.807, 2.05) is 6.92 Å². The second kappa shape index (κ2) is 6.26. The summed E-state index contributed by atoms with van der Waals surface area (Å²) >= 11 is 0. The Morgan fingerprint density at radius 2 is 2.06 bits per heavy atom. The van der Waals surface area contributed by atoms with Crippen molar-refractivity contribution in [2.24, 2.45) is 11.7 Å². The average Bonchev–Trinajstić information content (AvgIpc) is 2.38. The van der Waals surface area contributed by atoms with Gasteiger partial charge in [0.1, 0.15) is 11.5 Å². The van der Waals surface area contributed by atoms with E-state index < -0.39 is 0 Å². The number of hydrogen-bond donors (Lipinski definition) is 2. The normalized spacial score (nSPS) is 11.8. The fourth-order valence-corrected chi connectivity index (χ4v) is 1.62. The number of carbonyl (C=O) groups excluding carboxylic acids is 1. The van der Waals surface area contributed by atoms with Gasteiger partial charge in [-0.05, 0) is 19.1 Å². The van der Waals surface area contributed by atoms with E-state index in [1.165, 1.54) is 0 Å². The van der Waals surface area contributed by atoms with Crippen molar-refractivity contribution in [3.05, 3.63) is 17.7 Å². The molecule has 1 aromatic rings. The Morgan fingerprint density at radius 1 is 1.39 bits per heavy atom. The standard InChI is InChI=1S/C13H20N2O3/c1-8(7-14)13(16)15-10-5-6-11(17-3)9(2)12(10)18-4/h5-6,8H,7,14H2,1-4H3,(H,15,16). The highest BCUT2D eigenvalue weighted by Crippen LogP contribution is 2.34. The van der Waals surface area contributed by atoms with Crippen LogP contribution in [-0.4, -0.2) is 26.7 Å². The lowest BCUT2D eigenvalue weighted by atomic mass is 10.1. The lowest BCUT2D eigenvalue weighted by molar-refractivity contribution is -0.119. The van der Waals surface area contributed by atoms with Crippen molar-refractivity contribution in [2.45, 2.75) is 13.8 Å². The van der Waals surface area contributed by atoms with Crippen molar-refractivity contribution in [1.29, 1.82) is 0 Å². The number of rotatable bonds is 5. The van der Waals surface area contributed by atoms with Gasteiger partial charge in [0.25, 0.3) is 0 Å². The summed E-state index contributed by atoms with van der Waals surface area (Å²) in [6, 6.07) is 3.55. The van der Waals surface area contributed by atoms with E-state index in [-0.39, 0.29) is 11.8 Å². The van der Waals surface area contributed by atoms with Gasteiger partial charge in [-0.1, -0.05) is 6.92 Å². The number of nitrogens with one attached hydrogen (secondary N) is 1. The molecule has 0 saturated carbocycles. The summed E-state index contributed by atoms with van der Waals surface area (Å²) in [6.07, 6.45) is 0. The minimum atomic E-state index is -0.239. The zero-order valence-corrected chi connectivity index (χ0v) is 11.2. The van der Waals surface area contributed by atoms with Crippen LogP contribution in [0.15, 0.2) is 12.1 Å². The smallest absolute Gasteiger partial charge is 0.228 e. The Kier molecular flexibility index (Phi) is 4.97. The molecule has 0 bridgehead atoms. The Hall–Kier alpha value is -1.75. The number of hydrogen-bond acceptors (Lipinski definition) is 4. The molecule has 0 saturated heterocycles. The van der Waals surface area contributed by atoms with Crippen LogP contribution in [-0.2, 0) is 4.79 Å². The number of ether oxygens (including phenoxy) is 2. The molecule has 1 amide bonds. The van der Waals surface area contributed by atoms with Gasteiger partial charge in [-0.3, -0.25) is 4.79 Å². The molecule has 3 N–H and O–H groups in total. The third-order valence-corrected chi connectivity index (χ3v) is 2.84. The zero-order chi connectivity index (χ0) is 13.7. The van der Waals surface area contributed by atoms with Crippen molar-refractivity contribution < 1.29 is 14.3 Å². The summed E-state index contributed by atoms with van der Waals surface area (Å²) in [6.45, 7) is 3.96. The Labute approximate surface area is 107 Å². The van der Waals surface area contributed by atoms with Crippen molar-refractivity contribution in [1.82, 2.24) is 0 Å². The Balaban J connectivity index is 3.03. The predicted octanol–water partition coefficient (Wildman–Crippen LogP) is 1.55. The number of methoxy groups -OCH3 is 2. The van der Waals surface area contributed by atoms with Gasteiger partial charge < -0.3 is 20.5 Å². The highest BCUT2D eigenvalue weighted by Gasteiger charge is 2.16. The highest BCUT2D eigenvalue weighted by molar-refractivity contribution is 5.94. The van der Waals surface area contributed by atoms with Gasteiger partial charge in [-0.2, -0.15) is 0 Å². The Morgan fingerprint density at radius 3 is 2.56 bits per heavy atom. The predicted molar refractivity (Wildman–Crippen MR) is 71.1 cm³/mol. The summed E-state index contributed by atoms with van der Waals surface area (Å²) in [5.74, 6) is 0.959. The van der Waals surface area contributed by atoms with Gasteiger partial charge in [0, 0.05) is 18.0 Å². The minimum Gasteiger partial charge on any atom is -0.496 e. The number of nitrogens with two attached hydrogens (primary N) is 1. The van der Waals surface area contributed by atoms with Gasteiger partial charge in [-0.15, -0.1) is 0 Å². The molecule has 1 atom stereocenters. The van der Waals surface area contributed by atoms with Gasteiger partial charge >= 0.3 is 0 Å². The molecule has 0 spiro atoms. The zero-order valence-electron chi connectivity index (χ0n) is 11.2. The highest BCUT2D eigenvalue weighted by atomic mass is 16.5. The first-order valence-electron chi connectivity index (χ1n) is 5.77. The maximum absolute atomic E-state index is 11.8. The summed E-state index contributed by atoms with van der Waals surface area (Å²) in [5, 5.41) is 2.80. The van der Waals surface area contributed by atoms with E-state index in [2.05, 4.69) is 5.32 Å². The van der Waals surface area contributed by atoms with Gasteiger partial charge in [0.05, 0.1) is 19.9 Å². The fourth-order valence-electron chi connectivity index (χ4n) is 1.62. The van der Waals surface area contributed by atoms with Crippen LogP contribution in [0.25, 0.3) is 0 Å². The number of amides is 1. The first-order valence-corrected chi connectivity index (χ1v) is 5.77. The molecule has 18 heavy (non-hydrogen) atoms. The van der Waals surface area contributed by atoms with Crippen molar-refractivity contribution in [3.63, 3.8) is 0 Å². The van der Waals surface area contributed by atoms with Crippen LogP contribution in [0.4, 0.5) is 5.69 Å². The second-order valence-electron chi connectivity index (χ2n) is 4.10. The van der Waals surface area contributed by atoms with Crippen LogP contribution in [0.1, 0.15) is 12.5 Å². The second-order valence-corrected chi connectivity index (χ2v) is 4.10. The molecule has 0 aliphatic carbocycles. The van der Waals surface area contributed by atoms with Crippen LogP contribution >= 0.6 is 0 Å². The fraction of sp³-hybridized carbons (Fsp3) is 0.462. The summed E-state index contributed by atoms with van der Waals surface area (Å²) < 4.78 is 10.5. The lowest BCUT2D eigenvalue weighted by Gasteiger charge is -2.16. The van der Waals surface area contributed by atoms with Crippen molar-refractivity contribution in [3.8, 4) is 11.5 Å². The van der Waals surface area contributed by atoms with E-state index >= 15 is 0 Å². The van der Waals surface area contributed by atoms with Gasteiger partial charge in [-0.25, -0.2) is 0 Å². The molecule has 0 fully saturated rings. The molecule has 0 aliphatic heterocycles.